The fraction of sp³-hybridized carbons (Fsp3) is 0.667. The Hall–Kier alpha value is 0.0500. The molecule has 0 aliphatic heterocycles. The SMILES string of the molecule is Cc1sc(Br)cc1S(=O)(=O)N(C)C1CCCC1CN. The normalized spacial score (nSPS) is 24.3. The van der Waals surface area contributed by atoms with E-state index in [-0.39, 0.29) is 12.0 Å². The molecule has 0 spiro atoms. The first kappa shape index (κ1) is 15.4. The van der Waals surface area contributed by atoms with Gasteiger partial charge in [0.15, 0.2) is 0 Å². The van der Waals surface area contributed by atoms with E-state index < -0.39 is 10.0 Å². The van der Waals surface area contributed by atoms with Crippen LogP contribution in [-0.2, 0) is 10.0 Å². The third-order valence-electron chi connectivity index (χ3n) is 3.89. The highest BCUT2D eigenvalue weighted by Gasteiger charge is 2.36. The number of nitrogens with two attached hydrogens (primary N) is 1. The third kappa shape index (κ3) is 2.90. The van der Waals surface area contributed by atoms with Crippen LogP contribution in [0.15, 0.2) is 14.7 Å². The van der Waals surface area contributed by atoms with E-state index in [0.29, 0.717) is 11.4 Å². The Labute approximate surface area is 127 Å². The third-order valence-corrected chi connectivity index (χ3v) is 7.58. The van der Waals surface area contributed by atoms with Gasteiger partial charge in [-0.15, -0.1) is 11.3 Å². The van der Waals surface area contributed by atoms with Crippen LogP contribution in [0.4, 0.5) is 0 Å². The van der Waals surface area contributed by atoms with Crippen molar-refractivity contribution in [2.75, 3.05) is 13.6 Å². The zero-order valence-electron chi connectivity index (χ0n) is 11.1. The molecule has 19 heavy (non-hydrogen) atoms. The smallest absolute Gasteiger partial charge is 0.244 e. The molecule has 7 heteroatoms. The Kier molecular flexibility index (Phi) is 4.72. The van der Waals surface area contributed by atoms with Gasteiger partial charge in [0.2, 0.25) is 10.0 Å². The van der Waals surface area contributed by atoms with Gasteiger partial charge >= 0.3 is 0 Å². The molecule has 1 heterocycles. The van der Waals surface area contributed by atoms with Gasteiger partial charge in [0.1, 0.15) is 0 Å². The monoisotopic (exact) mass is 366 g/mol. The first-order valence-electron chi connectivity index (χ1n) is 6.32. The summed E-state index contributed by atoms with van der Waals surface area (Å²) in [4.78, 5) is 1.23. The molecule has 1 fully saturated rings. The Bertz CT molecular complexity index is 556. The molecule has 1 aliphatic carbocycles. The first-order valence-corrected chi connectivity index (χ1v) is 9.37. The van der Waals surface area contributed by atoms with Crippen molar-refractivity contribution in [2.24, 2.45) is 11.7 Å². The van der Waals surface area contributed by atoms with Crippen LogP contribution in [0, 0.1) is 12.8 Å². The van der Waals surface area contributed by atoms with E-state index in [1.807, 2.05) is 6.92 Å². The summed E-state index contributed by atoms with van der Waals surface area (Å²) < 4.78 is 27.7. The molecule has 1 aliphatic rings. The fourth-order valence-electron chi connectivity index (χ4n) is 2.79. The quantitative estimate of drug-likeness (QED) is 0.890. The largest absolute Gasteiger partial charge is 0.330 e. The lowest BCUT2D eigenvalue weighted by Crippen LogP contribution is -2.41. The van der Waals surface area contributed by atoms with E-state index in [0.717, 1.165) is 27.9 Å². The molecule has 0 saturated heterocycles. The number of thiophene rings is 1. The number of hydrogen-bond acceptors (Lipinski definition) is 4. The van der Waals surface area contributed by atoms with E-state index in [4.69, 9.17) is 5.73 Å². The van der Waals surface area contributed by atoms with Crippen molar-refractivity contribution in [3.8, 4) is 0 Å². The highest BCUT2D eigenvalue weighted by molar-refractivity contribution is 9.11. The predicted molar refractivity (Wildman–Crippen MR) is 81.9 cm³/mol. The summed E-state index contributed by atoms with van der Waals surface area (Å²) in [5.74, 6) is 0.280. The first-order chi connectivity index (χ1) is 8.87. The zero-order chi connectivity index (χ0) is 14.2. The maximum Gasteiger partial charge on any atom is 0.244 e. The summed E-state index contributed by atoms with van der Waals surface area (Å²) in [6.45, 7) is 2.39. The molecule has 108 valence electrons. The molecule has 4 nitrogen and oxygen atoms in total. The average molecular weight is 367 g/mol. The lowest BCUT2D eigenvalue weighted by Gasteiger charge is -2.28. The summed E-state index contributed by atoms with van der Waals surface area (Å²) in [6, 6.07) is 1.73. The minimum atomic E-state index is -3.42. The van der Waals surface area contributed by atoms with Crippen LogP contribution in [-0.4, -0.2) is 32.4 Å². The minimum Gasteiger partial charge on any atom is -0.330 e. The van der Waals surface area contributed by atoms with Crippen LogP contribution >= 0.6 is 27.3 Å². The summed E-state index contributed by atoms with van der Waals surface area (Å²) >= 11 is 4.80. The van der Waals surface area contributed by atoms with Crippen LogP contribution in [0.5, 0.6) is 0 Å². The summed E-state index contributed by atoms with van der Waals surface area (Å²) in [5.41, 5.74) is 5.75. The molecular weight excluding hydrogens is 348 g/mol. The Balaban J connectivity index is 2.31. The maximum absolute atomic E-state index is 12.7. The van der Waals surface area contributed by atoms with Gasteiger partial charge in [-0.1, -0.05) is 6.42 Å². The van der Waals surface area contributed by atoms with E-state index in [2.05, 4.69) is 15.9 Å². The Morgan fingerprint density at radius 1 is 1.53 bits per heavy atom. The van der Waals surface area contributed by atoms with Crippen molar-refractivity contribution in [3.63, 3.8) is 0 Å². The highest BCUT2D eigenvalue weighted by atomic mass is 79.9. The molecule has 0 bridgehead atoms. The highest BCUT2D eigenvalue weighted by Crippen LogP contribution is 2.35. The van der Waals surface area contributed by atoms with Crippen molar-refractivity contribution in [1.29, 1.82) is 0 Å². The second-order valence-electron chi connectivity index (χ2n) is 4.99. The van der Waals surface area contributed by atoms with Crippen LogP contribution in [0.25, 0.3) is 0 Å². The van der Waals surface area contributed by atoms with Crippen LogP contribution in [0.2, 0.25) is 0 Å². The molecule has 1 saturated carbocycles. The number of hydrogen-bond donors (Lipinski definition) is 1. The van der Waals surface area contributed by atoms with E-state index in [9.17, 15) is 8.42 Å². The number of sulfonamides is 1. The van der Waals surface area contributed by atoms with Crippen LogP contribution in [0.3, 0.4) is 0 Å². The molecule has 0 amide bonds. The standard InChI is InChI=1S/C12H19BrN2O2S2/c1-8-11(6-12(13)18-8)19(16,17)15(2)10-5-3-4-9(10)7-14/h6,9-10H,3-5,7,14H2,1-2H3. The molecule has 2 unspecified atom stereocenters. The average Bonchev–Trinajstić information content (AvgIpc) is 2.94. The molecule has 1 aromatic heterocycles. The van der Waals surface area contributed by atoms with Gasteiger partial charge in [-0.05, 0) is 54.2 Å². The van der Waals surface area contributed by atoms with Gasteiger partial charge in [-0.2, -0.15) is 4.31 Å². The number of rotatable bonds is 4. The number of halogens is 1. The van der Waals surface area contributed by atoms with Gasteiger partial charge in [0.05, 0.1) is 8.68 Å². The zero-order valence-corrected chi connectivity index (χ0v) is 14.3. The van der Waals surface area contributed by atoms with Crippen molar-refractivity contribution in [1.82, 2.24) is 4.31 Å². The fourth-order valence-corrected chi connectivity index (χ4v) is 6.62. The number of aryl methyl sites for hydroxylation is 1. The van der Waals surface area contributed by atoms with Crippen molar-refractivity contribution in [3.05, 3.63) is 14.7 Å². The van der Waals surface area contributed by atoms with Gasteiger partial charge in [-0.3, -0.25) is 0 Å². The van der Waals surface area contributed by atoms with Gasteiger partial charge in [0.25, 0.3) is 0 Å². The van der Waals surface area contributed by atoms with E-state index in [1.165, 1.54) is 15.6 Å². The summed E-state index contributed by atoms with van der Waals surface area (Å²) in [6.07, 6.45) is 2.98. The van der Waals surface area contributed by atoms with Crippen molar-refractivity contribution < 1.29 is 8.42 Å². The Morgan fingerprint density at radius 2 is 2.21 bits per heavy atom. The molecule has 2 N–H and O–H groups in total. The van der Waals surface area contributed by atoms with Crippen molar-refractivity contribution >= 4 is 37.3 Å². The lowest BCUT2D eigenvalue weighted by atomic mass is 10.0. The summed E-state index contributed by atoms with van der Waals surface area (Å²) in [5, 5.41) is 0. The lowest BCUT2D eigenvalue weighted by molar-refractivity contribution is 0.304. The van der Waals surface area contributed by atoms with Crippen LogP contribution < -0.4 is 5.73 Å². The predicted octanol–water partition coefficient (Wildman–Crippen LogP) is 2.57. The molecule has 0 aromatic carbocycles. The summed E-state index contributed by atoms with van der Waals surface area (Å²) in [7, 11) is -1.74. The van der Waals surface area contributed by atoms with Gasteiger partial charge in [-0.25, -0.2) is 8.42 Å². The maximum atomic E-state index is 12.7. The molecule has 1 aromatic rings. The second kappa shape index (κ2) is 5.81. The van der Waals surface area contributed by atoms with Crippen LogP contribution in [0.1, 0.15) is 24.1 Å². The molecule has 2 rings (SSSR count). The number of nitrogens with zero attached hydrogens (tertiary/aromatic N) is 1. The molecular formula is C12H19BrN2O2S2. The topological polar surface area (TPSA) is 63.4 Å². The van der Waals surface area contributed by atoms with Gasteiger partial charge < -0.3 is 5.73 Å². The van der Waals surface area contributed by atoms with Gasteiger partial charge in [0, 0.05) is 18.0 Å². The second-order valence-corrected chi connectivity index (χ2v) is 9.59. The van der Waals surface area contributed by atoms with E-state index >= 15 is 0 Å². The molecule has 2 atom stereocenters. The minimum absolute atomic E-state index is 0.0353. The molecule has 0 radical (unpaired) electrons. The van der Waals surface area contributed by atoms with Crippen molar-refractivity contribution in [2.45, 2.75) is 37.1 Å². The Morgan fingerprint density at radius 3 is 2.74 bits per heavy atom. The van der Waals surface area contributed by atoms with E-state index in [1.54, 1.807) is 13.1 Å².